The number of nitrogens with zero attached hydrogens (tertiary/aromatic N) is 1. The van der Waals surface area contributed by atoms with E-state index >= 15 is 0 Å². The number of fused-ring (bicyclic) bond motifs is 4. The number of hydrogen-bond donors (Lipinski definition) is 2. The van der Waals surface area contributed by atoms with Gasteiger partial charge in [0.15, 0.2) is 0 Å². The quantitative estimate of drug-likeness (QED) is 0.253. The summed E-state index contributed by atoms with van der Waals surface area (Å²) in [6.07, 6.45) is 2.78. The monoisotopic (exact) mass is 606 g/mol. The van der Waals surface area contributed by atoms with Crippen molar-refractivity contribution in [3.05, 3.63) is 70.3 Å². The van der Waals surface area contributed by atoms with Crippen molar-refractivity contribution in [1.29, 1.82) is 0 Å². The third kappa shape index (κ3) is 5.82. The van der Waals surface area contributed by atoms with E-state index in [-0.39, 0.29) is 29.2 Å². The number of rotatable bonds is 0. The number of carbonyl (C=O) groups excluding carboxylic acids is 1. The molecule has 41 heavy (non-hydrogen) atoms. The predicted molar refractivity (Wildman–Crippen MR) is 156 cm³/mol. The van der Waals surface area contributed by atoms with E-state index in [1.54, 1.807) is 24.3 Å². The molecule has 2 aromatic carbocycles. The fourth-order valence-electron chi connectivity index (χ4n) is 6.93. The Hall–Kier alpha value is -2.36. The molecule has 220 valence electrons. The molecule has 4 aliphatic rings. The molecule has 0 saturated heterocycles. The summed E-state index contributed by atoms with van der Waals surface area (Å²) in [4.78, 5) is 15.4. The number of anilines is 1. The Morgan fingerprint density at radius 2 is 1.95 bits per heavy atom. The van der Waals surface area contributed by atoms with Crippen LogP contribution in [-0.4, -0.2) is 48.2 Å². The number of carbonyl (C=O) groups is 1. The van der Waals surface area contributed by atoms with Crippen LogP contribution in [0.4, 0.5) is 18.9 Å². The first kappa shape index (κ1) is 28.7. The van der Waals surface area contributed by atoms with Gasteiger partial charge < -0.3 is 14.7 Å². The highest BCUT2D eigenvalue weighted by atomic mass is 35.5. The smallest absolute Gasteiger partial charge is 0.402 e. The minimum absolute atomic E-state index is 0.0628. The molecule has 0 unspecified atom stereocenters. The number of hydrogen-bond acceptors (Lipinski definition) is 5. The molecule has 2 N–H and O–H groups in total. The molecule has 0 radical (unpaired) electrons. The standard InChI is InChI=1S/C31H34ClF3N2O3S/c32-22-9-11-24-19(14-22)4-3-13-30(24)17-37-16-21-7-10-23(21)26(38)5-1-2-6-28(31(33,34)35)41-36-29(39)20-8-12-27(40-18-30)25(37)15-20/h1-2,8-9,11-12,14-15,21,23,26,28,38H,3-7,10,13,16-18H2,(H,36,39)/b2-1-/t21-,23+,26-,28-,30-/m0/s1. The van der Waals surface area contributed by atoms with Crippen LogP contribution in [0.25, 0.3) is 0 Å². The van der Waals surface area contributed by atoms with Gasteiger partial charge in [0, 0.05) is 29.1 Å². The van der Waals surface area contributed by atoms with Crippen LogP contribution in [0.1, 0.15) is 60.0 Å². The fraction of sp³-hybridized carbons (Fsp3) is 0.516. The van der Waals surface area contributed by atoms with Crippen molar-refractivity contribution in [2.24, 2.45) is 11.8 Å². The Labute approximate surface area is 247 Å². The maximum Gasteiger partial charge on any atom is 0.402 e. The molecular weight excluding hydrogens is 573 g/mol. The van der Waals surface area contributed by atoms with Gasteiger partial charge in [-0.2, -0.15) is 13.2 Å². The molecule has 1 amide bonds. The number of aliphatic hydroxyl groups is 1. The average Bonchev–Trinajstić information content (AvgIpc) is 3.06. The number of nitrogens with one attached hydrogen (secondary N) is 1. The van der Waals surface area contributed by atoms with Gasteiger partial charge in [0.1, 0.15) is 11.0 Å². The van der Waals surface area contributed by atoms with Gasteiger partial charge in [0.25, 0.3) is 5.91 Å². The highest BCUT2D eigenvalue weighted by Gasteiger charge is 2.44. The Morgan fingerprint density at radius 3 is 2.73 bits per heavy atom. The molecular formula is C31H34ClF3N2O3S. The van der Waals surface area contributed by atoms with Crippen molar-refractivity contribution in [3.63, 3.8) is 0 Å². The number of allylic oxidation sites excluding steroid dienone is 1. The third-order valence-electron chi connectivity index (χ3n) is 9.28. The zero-order chi connectivity index (χ0) is 28.8. The first-order valence-corrected chi connectivity index (χ1v) is 15.6. The molecule has 1 fully saturated rings. The van der Waals surface area contributed by atoms with E-state index in [9.17, 15) is 23.1 Å². The molecule has 2 bridgehead atoms. The molecule has 1 saturated carbocycles. The van der Waals surface area contributed by atoms with Crippen LogP contribution in [0, 0.1) is 11.8 Å². The summed E-state index contributed by atoms with van der Waals surface area (Å²) in [5.41, 5.74) is 3.23. The molecule has 5 atom stereocenters. The van der Waals surface area contributed by atoms with Gasteiger partial charge in [-0.05, 0) is 110 Å². The van der Waals surface area contributed by atoms with Crippen molar-refractivity contribution in [1.82, 2.24) is 4.72 Å². The number of aryl methyl sites for hydroxylation is 1. The molecule has 2 aromatic rings. The van der Waals surface area contributed by atoms with Gasteiger partial charge in [0.2, 0.25) is 0 Å². The Morgan fingerprint density at radius 1 is 1.12 bits per heavy atom. The number of amides is 1. The first-order valence-electron chi connectivity index (χ1n) is 14.3. The molecule has 2 aliphatic carbocycles. The number of alkyl halides is 3. The van der Waals surface area contributed by atoms with E-state index in [1.165, 1.54) is 17.2 Å². The Kier molecular flexibility index (Phi) is 7.98. The van der Waals surface area contributed by atoms with Gasteiger partial charge in [-0.1, -0.05) is 29.8 Å². The predicted octanol–water partition coefficient (Wildman–Crippen LogP) is 6.86. The summed E-state index contributed by atoms with van der Waals surface area (Å²) >= 11 is 6.74. The van der Waals surface area contributed by atoms with Crippen molar-refractivity contribution < 1.29 is 27.8 Å². The molecule has 10 heteroatoms. The van der Waals surface area contributed by atoms with E-state index in [1.807, 2.05) is 12.1 Å². The highest BCUT2D eigenvalue weighted by molar-refractivity contribution is 7.98. The molecule has 6 rings (SSSR count). The van der Waals surface area contributed by atoms with Crippen LogP contribution in [0.15, 0.2) is 48.6 Å². The van der Waals surface area contributed by atoms with E-state index in [4.69, 9.17) is 16.3 Å². The zero-order valence-electron chi connectivity index (χ0n) is 22.6. The number of benzene rings is 2. The Balaban J connectivity index is 1.38. The summed E-state index contributed by atoms with van der Waals surface area (Å²) in [6.45, 7) is 1.84. The van der Waals surface area contributed by atoms with Crippen LogP contribution in [0.5, 0.6) is 5.75 Å². The van der Waals surface area contributed by atoms with Gasteiger partial charge in [-0.3, -0.25) is 9.52 Å². The summed E-state index contributed by atoms with van der Waals surface area (Å²) in [6, 6.07) is 11.2. The topological polar surface area (TPSA) is 61.8 Å². The average molecular weight is 607 g/mol. The second-order valence-corrected chi connectivity index (χ2v) is 13.3. The molecule has 2 aliphatic heterocycles. The largest absolute Gasteiger partial charge is 0.490 e. The maximum absolute atomic E-state index is 13.7. The second kappa shape index (κ2) is 11.4. The van der Waals surface area contributed by atoms with E-state index in [0.29, 0.717) is 48.8 Å². The van der Waals surface area contributed by atoms with Crippen LogP contribution in [-0.2, 0) is 11.8 Å². The van der Waals surface area contributed by atoms with Crippen molar-refractivity contribution in [3.8, 4) is 5.75 Å². The fourth-order valence-corrected chi connectivity index (χ4v) is 7.83. The van der Waals surface area contributed by atoms with E-state index in [2.05, 4.69) is 15.7 Å². The molecule has 1 spiro atoms. The molecule has 0 aromatic heterocycles. The lowest BCUT2D eigenvalue weighted by Crippen LogP contribution is -2.49. The number of aliphatic hydroxyl groups excluding tert-OH is 1. The van der Waals surface area contributed by atoms with Gasteiger partial charge >= 0.3 is 6.18 Å². The first-order chi connectivity index (χ1) is 19.6. The molecule has 5 nitrogen and oxygen atoms in total. The number of ether oxygens (including phenoxy) is 1. The maximum atomic E-state index is 13.7. The lowest BCUT2D eigenvalue weighted by atomic mass is 9.68. The van der Waals surface area contributed by atoms with Gasteiger partial charge in [-0.15, -0.1) is 0 Å². The lowest BCUT2D eigenvalue weighted by molar-refractivity contribution is -0.128. The summed E-state index contributed by atoms with van der Waals surface area (Å²) in [7, 11) is 0. The molecule has 2 heterocycles. The minimum atomic E-state index is -4.49. The second-order valence-electron chi connectivity index (χ2n) is 11.9. The summed E-state index contributed by atoms with van der Waals surface area (Å²) < 4.78 is 50.0. The van der Waals surface area contributed by atoms with E-state index < -0.39 is 23.4 Å². The van der Waals surface area contributed by atoms with Crippen molar-refractivity contribution >= 4 is 35.1 Å². The van der Waals surface area contributed by atoms with E-state index in [0.717, 1.165) is 37.8 Å². The Bertz CT molecular complexity index is 1340. The van der Waals surface area contributed by atoms with Crippen LogP contribution < -0.4 is 14.4 Å². The van der Waals surface area contributed by atoms with Crippen molar-refractivity contribution in [2.75, 3.05) is 24.6 Å². The third-order valence-corrected chi connectivity index (χ3v) is 10.6. The summed E-state index contributed by atoms with van der Waals surface area (Å²) in [5.74, 6) is 0.365. The summed E-state index contributed by atoms with van der Waals surface area (Å²) in [5, 5.41) is 9.92. The van der Waals surface area contributed by atoms with Gasteiger partial charge in [0.05, 0.1) is 18.4 Å². The minimum Gasteiger partial charge on any atom is -0.490 e. The van der Waals surface area contributed by atoms with Crippen LogP contribution in [0.3, 0.4) is 0 Å². The van der Waals surface area contributed by atoms with Crippen LogP contribution in [0.2, 0.25) is 5.02 Å². The highest BCUT2D eigenvalue weighted by Crippen LogP contribution is 2.47. The SMILES string of the molecule is O=C1NS[C@H](C(F)(F)F)C/C=C\C[C@H](O)[C@@H]2CC[C@H]2CN2C[C@@]3(CCCc4cc(Cl)ccc43)COc3ccc1cc32. The lowest BCUT2D eigenvalue weighted by Gasteiger charge is -2.45. The normalized spacial score (nSPS) is 31.1. The van der Waals surface area contributed by atoms with Gasteiger partial charge in [-0.25, -0.2) is 0 Å². The zero-order valence-corrected chi connectivity index (χ0v) is 24.2. The van der Waals surface area contributed by atoms with Crippen molar-refractivity contribution in [2.45, 2.75) is 67.9 Å². The number of halogens is 4. The van der Waals surface area contributed by atoms with Crippen LogP contribution >= 0.6 is 23.5 Å².